The summed E-state index contributed by atoms with van der Waals surface area (Å²) in [5.74, 6) is -2.04. The van der Waals surface area contributed by atoms with Gasteiger partial charge in [-0.15, -0.1) is 0 Å². The van der Waals surface area contributed by atoms with E-state index in [4.69, 9.17) is 0 Å². The zero-order valence-electron chi connectivity index (χ0n) is 14.5. The Labute approximate surface area is 154 Å². The summed E-state index contributed by atoms with van der Waals surface area (Å²) in [5.41, 5.74) is 0.550. The highest BCUT2D eigenvalue weighted by Gasteiger charge is 2.21. The molecule has 0 heterocycles. The third-order valence-corrected chi connectivity index (χ3v) is 4.63. The molecule has 1 saturated carbocycles. The van der Waals surface area contributed by atoms with E-state index < -0.39 is 22.5 Å². The molecule has 1 aliphatic carbocycles. The molecule has 0 atom stereocenters. The van der Waals surface area contributed by atoms with Crippen LogP contribution in [0.25, 0.3) is 0 Å². The van der Waals surface area contributed by atoms with Crippen LogP contribution in [0, 0.1) is 21.7 Å². The Kier molecular flexibility index (Phi) is 5.63. The number of anilines is 1. The summed E-state index contributed by atoms with van der Waals surface area (Å²) in [7, 11) is 0. The van der Waals surface area contributed by atoms with Gasteiger partial charge in [0.05, 0.1) is 10.5 Å². The van der Waals surface area contributed by atoms with Crippen molar-refractivity contribution in [1.82, 2.24) is 5.32 Å². The lowest BCUT2D eigenvalue weighted by atomic mass is 10.1. The maximum absolute atomic E-state index is 13.7. The Morgan fingerprint density at radius 2 is 1.89 bits per heavy atom. The highest BCUT2D eigenvalue weighted by Crippen LogP contribution is 2.27. The van der Waals surface area contributed by atoms with Crippen LogP contribution in [-0.4, -0.2) is 16.9 Å². The molecule has 8 heteroatoms. The third-order valence-electron chi connectivity index (χ3n) is 4.63. The van der Waals surface area contributed by atoms with Gasteiger partial charge in [0.2, 0.25) is 0 Å². The zero-order chi connectivity index (χ0) is 19.4. The molecule has 2 aromatic rings. The Balaban J connectivity index is 1.79. The number of carbonyl (C=O) groups is 1. The van der Waals surface area contributed by atoms with Gasteiger partial charge in [0.15, 0.2) is 0 Å². The van der Waals surface area contributed by atoms with Crippen molar-refractivity contribution in [2.45, 2.75) is 38.3 Å². The number of amides is 1. The topological polar surface area (TPSA) is 84.3 Å². The van der Waals surface area contributed by atoms with Gasteiger partial charge in [0, 0.05) is 42.0 Å². The van der Waals surface area contributed by atoms with Crippen LogP contribution in [0.4, 0.5) is 20.2 Å². The summed E-state index contributed by atoms with van der Waals surface area (Å²) in [6.45, 7) is -0.156. The highest BCUT2D eigenvalue weighted by atomic mass is 19.1. The molecule has 0 aliphatic heterocycles. The molecule has 1 aliphatic rings. The number of nitro benzene ring substituents is 1. The van der Waals surface area contributed by atoms with Crippen molar-refractivity contribution >= 4 is 17.3 Å². The molecule has 27 heavy (non-hydrogen) atoms. The summed E-state index contributed by atoms with van der Waals surface area (Å²) in [6.07, 6.45) is 4.13. The van der Waals surface area contributed by atoms with E-state index in [2.05, 4.69) is 10.6 Å². The number of halogens is 2. The van der Waals surface area contributed by atoms with E-state index in [0.717, 1.165) is 37.8 Å². The minimum absolute atomic E-state index is 0.124. The van der Waals surface area contributed by atoms with Crippen LogP contribution < -0.4 is 10.6 Å². The maximum Gasteiger partial charge on any atom is 0.270 e. The van der Waals surface area contributed by atoms with Gasteiger partial charge < -0.3 is 10.6 Å². The van der Waals surface area contributed by atoms with Crippen LogP contribution in [0.15, 0.2) is 36.4 Å². The molecule has 0 spiro atoms. The molecule has 3 rings (SSSR count). The second-order valence-electron chi connectivity index (χ2n) is 6.53. The standard InChI is InChI=1S/C19H19F2N3O3/c20-13-6-5-12(17(21)9-13)11-22-19(25)16-10-15(24(26)27)7-8-18(16)23-14-3-1-2-4-14/h5-10,14,23H,1-4,11H2,(H,22,25). The Bertz CT molecular complexity index is 867. The predicted octanol–water partition coefficient (Wildman–Crippen LogP) is 4.16. The fourth-order valence-electron chi connectivity index (χ4n) is 3.19. The quantitative estimate of drug-likeness (QED) is 0.587. The zero-order valence-corrected chi connectivity index (χ0v) is 14.5. The molecule has 1 amide bonds. The number of non-ortho nitro benzene ring substituents is 1. The second-order valence-corrected chi connectivity index (χ2v) is 6.53. The molecule has 142 valence electrons. The molecule has 0 radical (unpaired) electrons. The van der Waals surface area contributed by atoms with E-state index in [9.17, 15) is 23.7 Å². The van der Waals surface area contributed by atoms with E-state index in [1.54, 1.807) is 0 Å². The average molecular weight is 375 g/mol. The fraction of sp³-hybridized carbons (Fsp3) is 0.316. The molecule has 2 aromatic carbocycles. The first kappa shape index (κ1) is 18.8. The van der Waals surface area contributed by atoms with Gasteiger partial charge in [-0.2, -0.15) is 0 Å². The largest absolute Gasteiger partial charge is 0.382 e. The first-order valence-electron chi connectivity index (χ1n) is 8.71. The number of nitrogens with zero attached hydrogens (tertiary/aromatic N) is 1. The predicted molar refractivity (Wildman–Crippen MR) is 96.5 cm³/mol. The maximum atomic E-state index is 13.7. The monoisotopic (exact) mass is 375 g/mol. The van der Waals surface area contributed by atoms with E-state index in [1.165, 1.54) is 24.3 Å². The smallest absolute Gasteiger partial charge is 0.270 e. The van der Waals surface area contributed by atoms with Crippen molar-refractivity contribution in [1.29, 1.82) is 0 Å². The number of nitro groups is 1. The number of hydrogen-bond acceptors (Lipinski definition) is 4. The summed E-state index contributed by atoms with van der Waals surface area (Å²) >= 11 is 0. The number of rotatable bonds is 6. The van der Waals surface area contributed by atoms with Gasteiger partial charge in [-0.05, 0) is 25.0 Å². The van der Waals surface area contributed by atoms with E-state index >= 15 is 0 Å². The van der Waals surface area contributed by atoms with Crippen LogP contribution >= 0.6 is 0 Å². The molecule has 0 unspecified atom stereocenters. The van der Waals surface area contributed by atoms with Crippen LogP contribution in [0.5, 0.6) is 0 Å². The molecular formula is C19H19F2N3O3. The molecule has 6 nitrogen and oxygen atoms in total. The van der Waals surface area contributed by atoms with Crippen molar-refractivity contribution in [2.24, 2.45) is 0 Å². The van der Waals surface area contributed by atoms with Crippen LogP contribution in [0.3, 0.4) is 0 Å². The molecule has 2 N–H and O–H groups in total. The highest BCUT2D eigenvalue weighted by molar-refractivity contribution is 6.00. The number of nitrogens with one attached hydrogen (secondary N) is 2. The van der Waals surface area contributed by atoms with Crippen molar-refractivity contribution in [3.05, 3.63) is 69.3 Å². The van der Waals surface area contributed by atoms with Crippen molar-refractivity contribution in [3.63, 3.8) is 0 Å². The van der Waals surface area contributed by atoms with Gasteiger partial charge in [0.1, 0.15) is 11.6 Å². The van der Waals surface area contributed by atoms with Crippen molar-refractivity contribution in [2.75, 3.05) is 5.32 Å². The lowest BCUT2D eigenvalue weighted by molar-refractivity contribution is -0.384. The lowest BCUT2D eigenvalue weighted by Crippen LogP contribution is -2.26. The molecule has 1 fully saturated rings. The Morgan fingerprint density at radius 3 is 2.56 bits per heavy atom. The lowest BCUT2D eigenvalue weighted by Gasteiger charge is -2.17. The summed E-state index contributed by atoms with van der Waals surface area (Å²) in [5, 5.41) is 16.9. The van der Waals surface area contributed by atoms with Gasteiger partial charge in [-0.1, -0.05) is 18.9 Å². The minimum Gasteiger partial charge on any atom is -0.382 e. The normalized spacial score (nSPS) is 14.1. The Morgan fingerprint density at radius 1 is 1.15 bits per heavy atom. The van der Waals surface area contributed by atoms with Crippen molar-refractivity contribution in [3.8, 4) is 0 Å². The number of benzene rings is 2. The van der Waals surface area contributed by atoms with Crippen LogP contribution in [0.2, 0.25) is 0 Å². The summed E-state index contributed by atoms with van der Waals surface area (Å²) < 4.78 is 26.7. The minimum atomic E-state index is -0.765. The summed E-state index contributed by atoms with van der Waals surface area (Å²) in [6, 6.07) is 7.36. The van der Waals surface area contributed by atoms with Gasteiger partial charge in [-0.3, -0.25) is 14.9 Å². The first-order chi connectivity index (χ1) is 12.9. The number of carbonyl (C=O) groups excluding carboxylic acids is 1. The fourth-order valence-corrected chi connectivity index (χ4v) is 3.19. The molecule has 0 saturated heterocycles. The SMILES string of the molecule is O=C(NCc1ccc(F)cc1F)c1cc([N+](=O)[O-])ccc1NC1CCCC1. The van der Waals surface area contributed by atoms with E-state index in [0.29, 0.717) is 5.69 Å². The second kappa shape index (κ2) is 8.11. The van der Waals surface area contributed by atoms with Crippen LogP contribution in [-0.2, 0) is 6.54 Å². The third kappa shape index (κ3) is 4.58. The molecular weight excluding hydrogens is 356 g/mol. The van der Waals surface area contributed by atoms with Gasteiger partial charge in [-0.25, -0.2) is 8.78 Å². The van der Waals surface area contributed by atoms with Crippen LogP contribution in [0.1, 0.15) is 41.6 Å². The Hall–Kier alpha value is -3.03. The first-order valence-corrected chi connectivity index (χ1v) is 8.71. The summed E-state index contributed by atoms with van der Waals surface area (Å²) in [4.78, 5) is 23.1. The number of hydrogen-bond donors (Lipinski definition) is 2. The van der Waals surface area contributed by atoms with Gasteiger partial charge >= 0.3 is 0 Å². The van der Waals surface area contributed by atoms with Gasteiger partial charge in [0.25, 0.3) is 11.6 Å². The molecule has 0 aromatic heterocycles. The van der Waals surface area contributed by atoms with E-state index in [1.807, 2.05) is 0 Å². The average Bonchev–Trinajstić information content (AvgIpc) is 3.14. The van der Waals surface area contributed by atoms with Crippen molar-refractivity contribution < 1.29 is 18.5 Å². The molecule has 0 bridgehead atoms. The van der Waals surface area contributed by atoms with E-state index in [-0.39, 0.29) is 29.4 Å².